The lowest BCUT2D eigenvalue weighted by Crippen LogP contribution is -2.42. The van der Waals surface area contributed by atoms with Crippen molar-refractivity contribution in [3.05, 3.63) is 23.8 Å². The van der Waals surface area contributed by atoms with Crippen molar-refractivity contribution in [2.75, 3.05) is 31.6 Å². The molecule has 0 aromatic heterocycles. The monoisotopic (exact) mass is 393 g/mol. The topological polar surface area (TPSA) is 141 Å². The number of ether oxygens (including phenoxy) is 1. The van der Waals surface area contributed by atoms with Crippen LogP contribution in [0.5, 0.6) is 5.75 Å². The molecule has 0 radical (unpaired) electrons. The van der Waals surface area contributed by atoms with Crippen LogP contribution in [0.25, 0.3) is 0 Å². The number of rotatable bonds is 5. The maximum Gasteiger partial charge on any atom is 0.308 e. The van der Waals surface area contributed by atoms with Gasteiger partial charge >= 0.3 is 5.97 Å². The van der Waals surface area contributed by atoms with Gasteiger partial charge in [0.1, 0.15) is 18.5 Å². The number of benzene rings is 1. The number of hydrogen-bond acceptors (Lipinski definition) is 8. The van der Waals surface area contributed by atoms with Crippen molar-refractivity contribution in [3.63, 3.8) is 0 Å². The number of phenolic OH excluding ortho intramolecular Hbond substituents is 1. The van der Waals surface area contributed by atoms with Gasteiger partial charge in [0.25, 0.3) is 5.91 Å². The zero-order chi connectivity index (χ0) is 20.1. The number of hydrogen-bond donors (Lipinski definition) is 5. The minimum absolute atomic E-state index is 0.0221. The molecule has 2 atom stereocenters. The number of alkyl halides is 1. The van der Waals surface area contributed by atoms with Gasteiger partial charge in [0.2, 0.25) is 5.91 Å². The minimum atomic E-state index is -1.06. The Morgan fingerprint density at radius 1 is 1.36 bits per heavy atom. The summed E-state index contributed by atoms with van der Waals surface area (Å²) in [6, 6.07) is 3.69. The van der Waals surface area contributed by atoms with Gasteiger partial charge in [-0.15, -0.1) is 0 Å². The highest BCUT2D eigenvalue weighted by molar-refractivity contribution is 6.00. The molecule has 0 bridgehead atoms. The van der Waals surface area contributed by atoms with E-state index in [0.717, 1.165) is 0 Å². The number of cyclic esters (lactones) is 1. The summed E-state index contributed by atoms with van der Waals surface area (Å²) < 4.78 is 17.8. The molecule has 150 valence electrons. The summed E-state index contributed by atoms with van der Waals surface area (Å²) in [6.45, 7) is -0.0474. The van der Waals surface area contributed by atoms with Gasteiger partial charge in [0.05, 0.1) is 32.1 Å². The summed E-state index contributed by atoms with van der Waals surface area (Å²) >= 11 is 0. The largest absolute Gasteiger partial charge is 0.508 e. The average Bonchev–Trinajstić information content (AvgIpc) is 3.06. The maximum atomic E-state index is 13.1. The van der Waals surface area contributed by atoms with Crippen LogP contribution in [0.2, 0.25) is 0 Å². The quantitative estimate of drug-likeness (QED) is 0.415. The van der Waals surface area contributed by atoms with Gasteiger partial charge in [-0.05, 0) is 12.1 Å². The van der Waals surface area contributed by atoms with E-state index in [4.69, 9.17) is 4.74 Å². The number of esters is 1. The molecule has 5 N–H and O–H groups in total. The minimum Gasteiger partial charge on any atom is -0.508 e. The van der Waals surface area contributed by atoms with Crippen LogP contribution in [0.3, 0.4) is 0 Å². The first kappa shape index (κ1) is 19.4. The fourth-order valence-corrected chi connectivity index (χ4v) is 2.70. The fraction of sp³-hybridized carbons (Fsp3) is 0.412. The van der Waals surface area contributed by atoms with E-state index < -0.39 is 24.0 Å². The van der Waals surface area contributed by atoms with Crippen LogP contribution in [0, 0.1) is 0 Å². The number of aliphatic imine (C=N–C) groups is 1. The Bertz CT molecular complexity index is 815. The molecule has 11 heteroatoms. The zero-order valence-corrected chi connectivity index (χ0v) is 14.8. The number of carbonyl (C=O) groups excluding carboxylic acids is 3. The van der Waals surface area contributed by atoms with E-state index in [9.17, 15) is 23.9 Å². The van der Waals surface area contributed by atoms with Crippen molar-refractivity contribution in [3.8, 4) is 5.75 Å². The molecule has 2 aliphatic heterocycles. The summed E-state index contributed by atoms with van der Waals surface area (Å²) in [5.41, 5.74) is 0.495. The number of nitrogens with one attached hydrogen (secondary N) is 4. The molecule has 2 heterocycles. The molecule has 0 saturated carbocycles. The van der Waals surface area contributed by atoms with Crippen molar-refractivity contribution in [2.45, 2.75) is 18.6 Å². The zero-order valence-electron chi connectivity index (χ0n) is 14.8. The molecule has 3 rings (SSSR count). The van der Waals surface area contributed by atoms with Gasteiger partial charge in [-0.2, -0.15) is 0 Å². The van der Waals surface area contributed by atoms with E-state index in [-0.39, 0.29) is 49.9 Å². The molecule has 28 heavy (non-hydrogen) atoms. The molecular formula is C17H20FN5O5. The Hall–Kier alpha value is -3.37. The lowest BCUT2D eigenvalue weighted by Gasteiger charge is -2.19. The fourth-order valence-electron chi connectivity index (χ4n) is 2.70. The van der Waals surface area contributed by atoms with Crippen LogP contribution in [0.15, 0.2) is 23.2 Å². The smallest absolute Gasteiger partial charge is 0.308 e. The number of carbonyl (C=O) groups is 3. The highest BCUT2D eigenvalue weighted by Gasteiger charge is 2.25. The molecule has 1 saturated heterocycles. The van der Waals surface area contributed by atoms with Gasteiger partial charge in [0.15, 0.2) is 5.96 Å². The van der Waals surface area contributed by atoms with E-state index in [1.807, 2.05) is 0 Å². The number of amides is 2. The van der Waals surface area contributed by atoms with E-state index >= 15 is 0 Å². The second kappa shape index (κ2) is 8.55. The van der Waals surface area contributed by atoms with Crippen LogP contribution < -0.4 is 21.3 Å². The van der Waals surface area contributed by atoms with Crippen molar-refractivity contribution in [2.24, 2.45) is 4.99 Å². The lowest BCUT2D eigenvalue weighted by molar-refractivity contribution is -0.138. The molecule has 2 amide bonds. The molecule has 0 aliphatic carbocycles. The summed E-state index contributed by atoms with van der Waals surface area (Å²) in [5.74, 6) is -1.25. The molecule has 0 spiro atoms. The summed E-state index contributed by atoms with van der Waals surface area (Å²) in [6.07, 6.45) is -0.960. The third kappa shape index (κ3) is 5.32. The number of guanidine groups is 1. The van der Waals surface area contributed by atoms with E-state index in [0.29, 0.717) is 11.6 Å². The van der Waals surface area contributed by atoms with Crippen LogP contribution in [-0.4, -0.2) is 67.3 Å². The first-order valence-electron chi connectivity index (χ1n) is 8.65. The van der Waals surface area contributed by atoms with E-state index in [2.05, 4.69) is 26.3 Å². The second-order valence-corrected chi connectivity index (χ2v) is 6.40. The highest BCUT2D eigenvalue weighted by Crippen LogP contribution is 2.20. The molecule has 1 fully saturated rings. The maximum absolute atomic E-state index is 13.1. The van der Waals surface area contributed by atoms with Gasteiger partial charge in [-0.1, -0.05) is 0 Å². The van der Waals surface area contributed by atoms with E-state index in [1.54, 1.807) is 0 Å². The Morgan fingerprint density at radius 2 is 2.18 bits per heavy atom. The Kier molecular flexibility index (Phi) is 5.92. The molecular weight excluding hydrogens is 373 g/mol. The third-order valence-corrected chi connectivity index (χ3v) is 4.01. The van der Waals surface area contributed by atoms with Gasteiger partial charge in [-0.3, -0.25) is 14.4 Å². The van der Waals surface area contributed by atoms with Gasteiger partial charge in [-0.25, -0.2) is 9.38 Å². The Balaban J connectivity index is 1.55. The van der Waals surface area contributed by atoms with Crippen LogP contribution in [0.1, 0.15) is 16.8 Å². The first-order chi connectivity index (χ1) is 13.4. The Morgan fingerprint density at radius 3 is 2.86 bits per heavy atom. The van der Waals surface area contributed by atoms with Crippen molar-refractivity contribution in [1.82, 2.24) is 16.0 Å². The second-order valence-electron chi connectivity index (χ2n) is 6.40. The molecule has 10 nitrogen and oxygen atoms in total. The van der Waals surface area contributed by atoms with E-state index in [1.165, 1.54) is 18.2 Å². The molecule has 1 unspecified atom stereocenters. The number of aromatic hydroxyl groups is 1. The van der Waals surface area contributed by atoms with Crippen LogP contribution in [0.4, 0.5) is 10.1 Å². The lowest BCUT2D eigenvalue weighted by atomic mass is 10.1. The van der Waals surface area contributed by atoms with Gasteiger partial charge < -0.3 is 31.1 Å². The molecule has 2 aliphatic rings. The molecule has 1 aromatic rings. The highest BCUT2D eigenvalue weighted by atomic mass is 19.1. The van der Waals surface area contributed by atoms with Crippen molar-refractivity contribution < 1.29 is 28.6 Å². The van der Waals surface area contributed by atoms with Crippen molar-refractivity contribution >= 4 is 29.4 Å². The average molecular weight is 393 g/mol. The van der Waals surface area contributed by atoms with Crippen LogP contribution >= 0.6 is 0 Å². The molecule has 1 aromatic carbocycles. The number of anilines is 1. The van der Waals surface area contributed by atoms with Crippen molar-refractivity contribution in [1.29, 1.82) is 0 Å². The number of halogens is 1. The first-order valence-corrected chi connectivity index (χ1v) is 8.65. The summed E-state index contributed by atoms with van der Waals surface area (Å²) in [4.78, 5) is 39.1. The standard InChI is InChI=1S/C17H20FN5O5/c18-10-5-20-17(21-6-10)23-11-1-9(2-13(24)3-11)16(27)19-7-14(25)22-12-4-15(26)28-8-12/h1-3,10,12,24H,4-8H2,(H,19,27)(H,22,25)(H2,20,21,23)/t12-/m0/s1. The number of nitrogens with zero attached hydrogens (tertiary/aromatic N) is 1. The third-order valence-electron chi connectivity index (χ3n) is 4.01. The summed E-state index contributed by atoms with van der Waals surface area (Å²) in [5, 5.41) is 20.5. The normalized spacial score (nSPS) is 21.2. The Labute approximate surface area is 159 Å². The predicted molar refractivity (Wildman–Crippen MR) is 96.8 cm³/mol. The van der Waals surface area contributed by atoms with Crippen LogP contribution in [-0.2, 0) is 14.3 Å². The number of phenols is 1. The van der Waals surface area contributed by atoms with Gasteiger partial charge in [0, 0.05) is 17.3 Å². The summed E-state index contributed by atoms with van der Waals surface area (Å²) in [7, 11) is 0. The SMILES string of the molecule is O=C(CNC(=O)c1cc(O)cc(NC2=NCC(F)CN2)c1)N[C@@H]1COC(=O)C1. The predicted octanol–water partition coefficient (Wildman–Crippen LogP) is -0.737.